The maximum absolute atomic E-state index is 12.8. The zero-order valence-electron chi connectivity index (χ0n) is 15.4. The minimum atomic E-state index is -3.69. The van der Waals surface area contributed by atoms with E-state index in [-0.39, 0.29) is 24.0 Å². The number of sulfonamides is 1. The summed E-state index contributed by atoms with van der Waals surface area (Å²) < 4.78 is 32.6. The van der Waals surface area contributed by atoms with Crippen LogP contribution in [0.1, 0.15) is 18.1 Å². The maximum atomic E-state index is 12.8. The number of ether oxygens (including phenoxy) is 1. The van der Waals surface area contributed by atoms with Crippen LogP contribution in [-0.2, 0) is 14.8 Å². The number of anilines is 1. The number of hydrogen-bond acceptors (Lipinski definition) is 4. The molecule has 2 aromatic rings. The van der Waals surface area contributed by atoms with Crippen LogP contribution in [0.15, 0.2) is 47.4 Å². The number of rotatable bonds is 7. The molecule has 0 saturated carbocycles. The topological polar surface area (TPSA) is 75.7 Å². The van der Waals surface area contributed by atoms with Gasteiger partial charge in [0.15, 0.2) is 0 Å². The van der Waals surface area contributed by atoms with E-state index in [1.54, 1.807) is 19.1 Å². The van der Waals surface area contributed by atoms with E-state index in [9.17, 15) is 13.2 Å². The molecule has 0 aromatic heterocycles. The van der Waals surface area contributed by atoms with Gasteiger partial charge in [-0.1, -0.05) is 18.2 Å². The van der Waals surface area contributed by atoms with Gasteiger partial charge in [-0.3, -0.25) is 4.79 Å². The zero-order valence-corrected chi connectivity index (χ0v) is 16.3. The molecule has 0 aliphatic heterocycles. The number of aryl methyl sites for hydroxylation is 2. The number of benzene rings is 2. The van der Waals surface area contributed by atoms with Crippen molar-refractivity contribution >= 4 is 21.6 Å². The molecular weight excluding hydrogens is 352 g/mol. The Hall–Kier alpha value is -2.38. The van der Waals surface area contributed by atoms with Crippen molar-refractivity contribution in [3.8, 4) is 5.75 Å². The SMILES string of the molecule is CC(=O)Nc1ccc(C)c(S(=O)(=O)N(C)CCOc2cccc(C)c2)c1. The van der Waals surface area contributed by atoms with Gasteiger partial charge in [0.2, 0.25) is 15.9 Å². The molecule has 0 spiro atoms. The van der Waals surface area contributed by atoms with E-state index in [0.29, 0.717) is 17.0 Å². The molecule has 0 radical (unpaired) electrons. The van der Waals surface area contributed by atoms with E-state index in [4.69, 9.17) is 4.74 Å². The molecule has 0 heterocycles. The highest BCUT2D eigenvalue weighted by Gasteiger charge is 2.23. The Bertz CT molecular complexity index is 894. The molecular formula is C19H24N2O4S. The second-order valence-electron chi connectivity index (χ2n) is 6.15. The Morgan fingerprint density at radius 2 is 1.88 bits per heavy atom. The summed E-state index contributed by atoms with van der Waals surface area (Å²) in [6, 6.07) is 12.4. The summed E-state index contributed by atoms with van der Waals surface area (Å²) in [7, 11) is -2.18. The molecule has 2 aromatic carbocycles. The first-order chi connectivity index (χ1) is 12.2. The average Bonchev–Trinajstić information content (AvgIpc) is 2.56. The summed E-state index contributed by atoms with van der Waals surface area (Å²) in [5.74, 6) is 0.455. The van der Waals surface area contributed by atoms with E-state index in [2.05, 4.69) is 5.32 Å². The van der Waals surface area contributed by atoms with Crippen molar-refractivity contribution in [1.29, 1.82) is 0 Å². The van der Waals surface area contributed by atoms with Gasteiger partial charge in [-0.15, -0.1) is 0 Å². The van der Waals surface area contributed by atoms with Crippen LogP contribution in [0.4, 0.5) is 5.69 Å². The number of carbonyl (C=O) groups is 1. The standard InChI is InChI=1S/C19H24N2O4S/c1-14-6-5-7-18(12-14)25-11-10-21(4)26(23,24)19-13-17(20-16(3)22)9-8-15(19)2/h5-9,12-13H,10-11H2,1-4H3,(H,20,22). The summed E-state index contributed by atoms with van der Waals surface area (Å²) >= 11 is 0. The largest absolute Gasteiger partial charge is 0.492 e. The van der Waals surface area contributed by atoms with Crippen molar-refractivity contribution in [3.05, 3.63) is 53.6 Å². The normalized spacial score (nSPS) is 11.4. The predicted molar refractivity (Wildman–Crippen MR) is 102 cm³/mol. The lowest BCUT2D eigenvalue weighted by Crippen LogP contribution is -2.31. The number of amides is 1. The van der Waals surface area contributed by atoms with Crippen LogP contribution in [0.3, 0.4) is 0 Å². The fourth-order valence-electron chi connectivity index (χ4n) is 2.44. The van der Waals surface area contributed by atoms with Gasteiger partial charge < -0.3 is 10.1 Å². The van der Waals surface area contributed by atoms with Crippen molar-refractivity contribution < 1.29 is 17.9 Å². The van der Waals surface area contributed by atoms with Crippen LogP contribution in [-0.4, -0.2) is 38.8 Å². The molecule has 140 valence electrons. The Balaban J connectivity index is 2.09. The highest BCUT2D eigenvalue weighted by Crippen LogP contribution is 2.23. The first kappa shape index (κ1) is 19.9. The minimum absolute atomic E-state index is 0.168. The lowest BCUT2D eigenvalue weighted by molar-refractivity contribution is -0.114. The number of likely N-dealkylation sites (N-methyl/N-ethyl adjacent to an activating group) is 1. The number of nitrogens with one attached hydrogen (secondary N) is 1. The van der Waals surface area contributed by atoms with E-state index in [1.807, 2.05) is 31.2 Å². The first-order valence-corrected chi connectivity index (χ1v) is 9.68. The molecule has 6 nitrogen and oxygen atoms in total. The van der Waals surface area contributed by atoms with Gasteiger partial charge in [-0.25, -0.2) is 8.42 Å². The van der Waals surface area contributed by atoms with Crippen molar-refractivity contribution in [1.82, 2.24) is 4.31 Å². The highest BCUT2D eigenvalue weighted by molar-refractivity contribution is 7.89. The highest BCUT2D eigenvalue weighted by atomic mass is 32.2. The monoisotopic (exact) mass is 376 g/mol. The number of nitrogens with zero attached hydrogens (tertiary/aromatic N) is 1. The van der Waals surface area contributed by atoms with Crippen molar-refractivity contribution in [2.45, 2.75) is 25.7 Å². The lowest BCUT2D eigenvalue weighted by Gasteiger charge is -2.19. The van der Waals surface area contributed by atoms with Gasteiger partial charge in [0, 0.05) is 26.2 Å². The molecule has 0 unspecified atom stereocenters. The summed E-state index contributed by atoms with van der Waals surface area (Å²) in [5.41, 5.74) is 2.14. The van der Waals surface area contributed by atoms with Gasteiger partial charge in [0.25, 0.3) is 0 Å². The average molecular weight is 376 g/mol. The zero-order chi connectivity index (χ0) is 19.3. The molecule has 0 atom stereocenters. The minimum Gasteiger partial charge on any atom is -0.492 e. The van der Waals surface area contributed by atoms with Crippen LogP contribution in [0.25, 0.3) is 0 Å². The predicted octanol–water partition coefficient (Wildman–Crippen LogP) is 2.96. The van der Waals surface area contributed by atoms with Gasteiger partial charge in [0.1, 0.15) is 12.4 Å². The summed E-state index contributed by atoms with van der Waals surface area (Å²) in [6.07, 6.45) is 0. The Morgan fingerprint density at radius 1 is 1.15 bits per heavy atom. The molecule has 0 bridgehead atoms. The van der Waals surface area contributed by atoms with Crippen LogP contribution >= 0.6 is 0 Å². The van der Waals surface area contributed by atoms with E-state index in [1.165, 1.54) is 24.3 Å². The smallest absolute Gasteiger partial charge is 0.243 e. The third-order valence-electron chi connectivity index (χ3n) is 3.86. The molecule has 0 aliphatic carbocycles. The molecule has 0 fully saturated rings. The van der Waals surface area contributed by atoms with Crippen LogP contribution < -0.4 is 10.1 Å². The van der Waals surface area contributed by atoms with E-state index < -0.39 is 10.0 Å². The molecule has 0 aliphatic rings. The Labute approximate surface area is 154 Å². The van der Waals surface area contributed by atoms with Gasteiger partial charge in [-0.05, 0) is 49.2 Å². The third-order valence-corrected chi connectivity index (χ3v) is 5.86. The van der Waals surface area contributed by atoms with Gasteiger partial charge >= 0.3 is 0 Å². The van der Waals surface area contributed by atoms with Crippen LogP contribution in [0.5, 0.6) is 5.75 Å². The lowest BCUT2D eigenvalue weighted by atomic mass is 10.2. The summed E-state index contributed by atoms with van der Waals surface area (Å²) in [6.45, 7) is 5.52. The summed E-state index contributed by atoms with van der Waals surface area (Å²) in [5, 5.41) is 2.61. The first-order valence-electron chi connectivity index (χ1n) is 8.24. The van der Waals surface area contributed by atoms with E-state index >= 15 is 0 Å². The van der Waals surface area contributed by atoms with Crippen molar-refractivity contribution in [3.63, 3.8) is 0 Å². The number of carbonyl (C=O) groups excluding carboxylic acids is 1. The molecule has 1 amide bonds. The van der Waals surface area contributed by atoms with Crippen LogP contribution in [0, 0.1) is 13.8 Å². The maximum Gasteiger partial charge on any atom is 0.243 e. The fraction of sp³-hybridized carbons (Fsp3) is 0.316. The number of hydrogen-bond donors (Lipinski definition) is 1. The van der Waals surface area contributed by atoms with Crippen molar-refractivity contribution in [2.24, 2.45) is 0 Å². The van der Waals surface area contributed by atoms with Gasteiger partial charge in [-0.2, -0.15) is 4.31 Å². The second-order valence-corrected chi connectivity index (χ2v) is 8.17. The quantitative estimate of drug-likeness (QED) is 0.806. The second kappa shape index (κ2) is 8.33. The Morgan fingerprint density at radius 3 is 2.54 bits per heavy atom. The van der Waals surface area contributed by atoms with Crippen molar-refractivity contribution in [2.75, 3.05) is 25.5 Å². The van der Waals surface area contributed by atoms with Crippen LogP contribution in [0.2, 0.25) is 0 Å². The van der Waals surface area contributed by atoms with E-state index in [0.717, 1.165) is 5.56 Å². The molecule has 1 N–H and O–H groups in total. The van der Waals surface area contributed by atoms with Gasteiger partial charge in [0.05, 0.1) is 4.90 Å². The Kier molecular flexibility index (Phi) is 6.39. The molecule has 26 heavy (non-hydrogen) atoms. The molecule has 7 heteroatoms. The summed E-state index contributed by atoms with van der Waals surface area (Å²) in [4.78, 5) is 11.4. The fourth-order valence-corrected chi connectivity index (χ4v) is 3.85. The molecule has 0 saturated heterocycles. The third kappa shape index (κ3) is 5.06. The molecule has 2 rings (SSSR count).